The number of nitrogens with zero attached hydrogens (tertiary/aromatic N) is 4. The second-order valence-electron chi connectivity index (χ2n) is 8.38. The van der Waals surface area contributed by atoms with Gasteiger partial charge in [-0.25, -0.2) is 4.68 Å². The fraction of sp³-hybridized carbons (Fsp3) is 0.292. The van der Waals surface area contributed by atoms with Gasteiger partial charge in [-0.15, -0.1) is 0 Å². The van der Waals surface area contributed by atoms with Crippen molar-refractivity contribution < 1.29 is 18.0 Å². The number of aromatic nitrogens is 3. The third kappa shape index (κ3) is 3.59. The predicted molar refractivity (Wildman–Crippen MR) is 113 cm³/mol. The predicted octanol–water partition coefficient (Wildman–Crippen LogP) is 4.99. The standard InChI is InChI=1S/C24H21F3N4O/c1-30(21-12-15-4-5-17(21)11-15)23(32)16-6-8-19(9-7-16)31-22(24(25,26)27)13-20(29-31)18-3-2-10-28-14-18/h2-10,13-15,17,21H,11-12H2,1H3. The van der Waals surface area contributed by atoms with E-state index in [9.17, 15) is 18.0 Å². The van der Waals surface area contributed by atoms with E-state index in [1.54, 1.807) is 42.4 Å². The first kappa shape index (κ1) is 20.5. The maximum Gasteiger partial charge on any atom is 0.433 e. The first-order chi connectivity index (χ1) is 15.3. The zero-order valence-corrected chi connectivity index (χ0v) is 17.3. The van der Waals surface area contributed by atoms with Crippen molar-refractivity contribution in [2.24, 2.45) is 11.8 Å². The van der Waals surface area contributed by atoms with Crippen LogP contribution in [0.5, 0.6) is 0 Å². The Balaban J connectivity index is 1.43. The minimum absolute atomic E-state index is 0.130. The average Bonchev–Trinajstić information content (AvgIpc) is 3.54. The zero-order chi connectivity index (χ0) is 22.5. The maximum absolute atomic E-state index is 13.7. The third-order valence-corrected chi connectivity index (χ3v) is 6.38. The van der Waals surface area contributed by atoms with Crippen molar-refractivity contribution >= 4 is 5.91 Å². The summed E-state index contributed by atoms with van der Waals surface area (Å²) in [6.07, 6.45) is 4.87. The molecule has 5 nitrogen and oxygen atoms in total. The van der Waals surface area contributed by atoms with Crippen molar-refractivity contribution in [1.29, 1.82) is 0 Å². The quantitative estimate of drug-likeness (QED) is 0.540. The van der Waals surface area contributed by atoms with E-state index in [-0.39, 0.29) is 23.3 Å². The first-order valence-corrected chi connectivity index (χ1v) is 10.4. The van der Waals surface area contributed by atoms with Crippen LogP contribution in [-0.4, -0.2) is 38.7 Å². The Labute approximate surface area is 183 Å². The molecule has 1 aromatic carbocycles. The molecule has 1 fully saturated rings. The van der Waals surface area contributed by atoms with Crippen LogP contribution >= 0.6 is 0 Å². The number of pyridine rings is 1. The van der Waals surface area contributed by atoms with Crippen LogP contribution < -0.4 is 0 Å². The van der Waals surface area contributed by atoms with Crippen molar-refractivity contribution in [1.82, 2.24) is 19.7 Å². The highest BCUT2D eigenvalue weighted by molar-refractivity contribution is 5.94. The van der Waals surface area contributed by atoms with Gasteiger partial charge in [-0.3, -0.25) is 9.78 Å². The van der Waals surface area contributed by atoms with E-state index in [1.165, 1.54) is 18.3 Å². The first-order valence-electron chi connectivity index (χ1n) is 10.4. The lowest BCUT2D eigenvalue weighted by Gasteiger charge is -2.29. The molecule has 2 aliphatic rings. The molecule has 3 atom stereocenters. The lowest BCUT2D eigenvalue weighted by molar-refractivity contribution is -0.142. The Hall–Kier alpha value is -3.42. The van der Waals surface area contributed by atoms with E-state index >= 15 is 0 Å². The van der Waals surface area contributed by atoms with Gasteiger partial charge in [0.05, 0.1) is 11.4 Å². The van der Waals surface area contributed by atoms with Gasteiger partial charge in [0, 0.05) is 36.6 Å². The summed E-state index contributed by atoms with van der Waals surface area (Å²) in [7, 11) is 1.80. The molecule has 0 saturated heterocycles. The minimum Gasteiger partial charge on any atom is -0.338 e. The molecule has 0 aliphatic heterocycles. The molecule has 2 heterocycles. The SMILES string of the molecule is CN(C(=O)c1ccc(-n2nc(-c3cccnc3)cc2C(F)(F)F)cc1)C1CC2C=CC1C2. The van der Waals surface area contributed by atoms with Crippen LogP contribution in [0, 0.1) is 11.8 Å². The van der Waals surface area contributed by atoms with Gasteiger partial charge in [0.1, 0.15) is 5.69 Å². The van der Waals surface area contributed by atoms with E-state index in [0.717, 1.165) is 23.6 Å². The van der Waals surface area contributed by atoms with Crippen molar-refractivity contribution in [3.8, 4) is 16.9 Å². The molecule has 1 saturated carbocycles. The van der Waals surface area contributed by atoms with Gasteiger partial charge in [-0.2, -0.15) is 18.3 Å². The maximum atomic E-state index is 13.7. The molecule has 3 unspecified atom stereocenters. The zero-order valence-electron chi connectivity index (χ0n) is 17.3. The molecule has 2 aromatic heterocycles. The number of rotatable bonds is 4. The number of halogens is 3. The van der Waals surface area contributed by atoms with E-state index in [4.69, 9.17) is 0 Å². The van der Waals surface area contributed by atoms with Crippen molar-refractivity contribution in [2.45, 2.75) is 25.1 Å². The van der Waals surface area contributed by atoms with Crippen molar-refractivity contribution in [2.75, 3.05) is 7.05 Å². The highest BCUT2D eigenvalue weighted by atomic mass is 19.4. The second-order valence-corrected chi connectivity index (χ2v) is 8.38. The summed E-state index contributed by atoms with van der Waals surface area (Å²) in [4.78, 5) is 18.7. The molecule has 32 heavy (non-hydrogen) atoms. The van der Waals surface area contributed by atoms with Crippen LogP contribution in [0.2, 0.25) is 0 Å². The summed E-state index contributed by atoms with van der Waals surface area (Å²) in [5.74, 6) is 0.796. The van der Waals surface area contributed by atoms with Crippen molar-refractivity contribution in [3.63, 3.8) is 0 Å². The Morgan fingerprint density at radius 2 is 1.91 bits per heavy atom. The summed E-state index contributed by atoms with van der Waals surface area (Å²) in [6, 6.07) is 10.6. The summed E-state index contributed by atoms with van der Waals surface area (Å²) >= 11 is 0. The molecule has 2 aliphatic carbocycles. The van der Waals surface area contributed by atoms with E-state index in [0.29, 0.717) is 23.0 Å². The number of hydrogen-bond donors (Lipinski definition) is 0. The van der Waals surface area contributed by atoms with Crippen LogP contribution in [0.3, 0.4) is 0 Å². The lowest BCUT2D eigenvalue weighted by Crippen LogP contribution is -2.39. The van der Waals surface area contributed by atoms with Gasteiger partial charge >= 0.3 is 6.18 Å². The molecule has 8 heteroatoms. The number of carbonyl (C=O) groups excluding carboxylic acids is 1. The third-order valence-electron chi connectivity index (χ3n) is 6.38. The molecule has 2 bridgehead atoms. The van der Waals surface area contributed by atoms with Crippen LogP contribution in [0.25, 0.3) is 16.9 Å². The Morgan fingerprint density at radius 3 is 2.50 bits per heavy atom. The van der Waals surface area contributed by atoms with E-state index < -0.39 is 11.9 Å². The normalized spacial score (nSPS) is 21.8. The summed E-state index contributed by atoms with van der Waals surface area (Å²) in [5.41, 5.74) is 0.451. The van der Waals surface area contributed by atoms with Gasteiger partial charge in [0.15, 0.2) is 0 Å². The smallest absolute Gasteiger partial charge is 0.338 e. The van der Waals surface area contributed by atoms with Crippen molar-refractivity contribution in [3.05, 3.63) is 78.3 Å². The number of alkyl halides is 3. The number of carbonyl (C=O) groups is 1. The topological polar surface area (TPSA) is 51.0 Å². The lowest BCUT2D eigenvalue weighted by atomic mass is 9.99. The Morgan fingerprint density at radius 1 is 1.12 bits per heavy atom. The van der Waals surface area contributed by atoms with Gasteiger partial charge in [0.25, 0.3) is 5.91 Å². The Kier molecular flexibility index (Phi) is 4.87. The largest absolute Gasteiger partial charge is 0.433 e. The highest BCUT2D eigenvalue weighted by Gasteiger charge is 2.39. The number of hydrogen-bond acceptors (Lipinski definition) is 3. The molecule has 5 rings (SSSR count). The fourth-order valence-corrected chi connectivity index (χ4v) is 4.73. The molecule has 164 valence electrons. The van der Waals surface area contributed by atoms with Gasteiger partial charge in [0.2, 0.25) is 0 Å². The van der Waals surface area contributed by atoms with Gasteiger partial charge in [-0.05, 0) is 67.1 Å². The molecule has 1 amide bonds. The molecule has 0 radical (unpaired) electrons. The molecular weight excluding hydrogens is 417 g/mol. The molecule has 3 aromatic rings. The number of allylic oxidation sites excluding steroid dienone is 1. The van der Waals surface area contributed by atoms with E-state index in [2.05, 4.69) is 22.2 Å². The number of fused-ring (bicyclic) bond motifs is 2. The van der Waals surface area contributed by atoms with Crippen LogP contribution in [-0.2, 0) is 6.18 Å². The number of benzene rings is 1. The average molecular weight is 438 g/mol. The summed E-state index contributed by atoms with van der Waals surface area (Å²) in [6.45, 7) is 0. The van der Waals surface area contributed by atoms with Crippen LogP contribution in [0.15, 0.2) is 67.0 Å². The Bertz CT molecular complexity index is 1170. The van der Waals surface area contributed by atoms with E-state index in [1.807, 2.05) is 0 Å². The highest BCUT2D eigenvalue weighted by Crippen LogP contribution is 2.41. The summed E-state index contributed by atoms with van der Waals surface area (Å²) < 4.78 is 41.9. The second kappa shape index (κ2) is 7.62. The van der Waals surface area contributed by atoms with Crippen LogP contribution in [0.4, 0.5) is 13.2 Å². The monoisotopic (exact) mass is 438 g/mol. The molecular formula is C24H21F3N4O. The molecule has 0 spiro atoms. The fourth-order valence-electron chi connectivity index (χ4n) is 4.73. The molecule has 0 N–H and O–H groups in total. The van der Waals surface area contributed by atoms with Gasteiger partial charge in [-0.1, -0.05) is 12.2 Å². The van der Waals surface area contributed by atoms with Gasteiger partial charge < -0.3 is 4.90 Å². The number of amides is 1. The minimum atomic E-state index is -4.59. The van der Waals surface area contributed by atoms with Crippen LogP contribution in [0.1, 0.15) is 28.9 Å². The summed E-state index contributed by atoms with van der Waals surface area (Å²) in [5, 5.41) is 4.17.